The van der Waals surface area contributed by atoms with Crippen LogP contribution in [-0.4, -0.2) is 32.5 Å². The third-order valence-corrected chi connectivity index (χ3v) is 5.89. The fraction of sp³-hybridized carbons (Fsp3) is 1.00. The first-order valence-corrected chi connectivity index (χ1v) is 10.8. The minimum Gasteiger partial charge on any atom is -0.314 e. The highest BCUT2D eigenvalue weighted by molar-refractivity contribution is 7.91. The summed E-state index contributed by atoms with van der Waals surface area (Å²) in [6.45, 7) is 7.08. The molecule has 0 heterocycles. The van der Waals surface area contributed by atoms with Crippen LogP contribution >= 0.6 is 0 Å². The van der Waals surface area contributed by atoms with Crippen molar-refractivity contribution in [3.63, 3.8) is 0 Å². The van der Waals surface area contributed by atoms with E-state index in [1.54, 1.807) is 6.92 Å². The number of nitrogens with one attached hydrogen (secondary N) is 1. The van der Waals surface area contributed by atoms with Gasteiger partial charge in [-0.3, -0.25) is 0 Å². The van der Waals surface area contributed by atoms with Crippen LogP contribution in [0.1, 0.15) is 85.0 Å². The maximum Gasteiger partial charge on any atom is 0.150 e. The molecule has 0 rings (SSSR count). The van der Waals surface area contributed by atoms with Crippen molar-refractivity contribution in [2.45, 2.75) is 91.0 Å². The van der Waals surface area contributed by atoms with E-state index >= 15 is 0 Å². The second kappa shape index (κ2) is 13.6. The van der Waals surface area contributed by atoms with Crippen molar-refractivity contribution < 1.29 is 8.42 Å². The Morgan fingerprint density at radius 3 is 1.95 bits per heavy atom. The molecule has 21 heavy (non-hydrogen) atoms. The number of rotatable bonds is 15. The van der Waals surface area contributed by atoms with Crippen LogP contribution in [0.5, 0.6) is 0 Å². The lowest BCUT2D eigenvalue weighted by Crippen LogP contribution is -2.29. The molecule has 1 unspecified atom stereocenters. The van der Waals surface area contributed by atoms with E-state index in [1.165, 1.54) is 51.4 Å². The summed E-state index contributed by atoms with van der Waals surface area (Å²) in [5, 5.41) is 3.50. The number of hydrogen-bond donors (Lipinski definition) is 1. The summed E-state index contributed by atoms with van der Waals surface area (Å²) in [4.78, 5) is 0. The smallest absolute Gasteiger partial charge is 0.150 e. The normalized spacial score (nSPS) is 13.5. The third-order valence-electron chi connectivity index (χ3n) is 4.10. The van der Waals surface area contributed by atoms with Crippen LogP contribution in [0.2, 0.25) is 0 Å². The highest BCUT2D eigenvalue weighted by atomic mass is 32.2. The summed E-state index contributed by atoms with van der Waals surface area (Å²) in [6, 6.07) is 0.498. The molecule has 1 N–H and O–H groups in total. The topological polar surface area (TPSA) is 46.2 Å². The standard InChI is InChI=1S/C17H37NO2S/c1-4-7-8-9-10-11-12-14-17(18-5-2)15-13-16-21(19,20)6-3/h17-18H,4-16H2,1-3H3. The predicted molar refractivity (Wildman–Crippen MR) is 93.6 cm³/mol. The predicted octanol–water partition coefficient (Wildman–Crippen LogP) is 4.32. The molecule has 4 heteroatoms. The maximum absolute atomic E-state index is 11.5. The monoisotopic (exact) mass is 319 g/mol. The summed E-state index contributed by atoms with van der Waals surface area (Å²) in [6.07, 6.45) is 12.3. The van der Waals surface area contributed by atoms with E-state index in [1.807, 2.05) is 0 Å². The molecule has 0 spiro atoms. The highest BCUT2D eigenvalue weighted by Gasteiger charge is 2.11. The molecular formula is C17H37NO2S. The van der Waals surface area contributed by atoms with Gasteiger partial charge in [0.1, 0.15) is 9.84 Å². The van der Waals surface area contributed by atoms with Crippen molar-refractivity contribution in [2.24, 2.45) is 0 Å². The second-order valence-corrected chi connectivity index (χ2v) is 8.52. The van der Waals surface area contributed by atoms with Crippen molar-refractivity contribution >= 4 is 9.84 Å². The molecular weight excluding hydrogens is 282 g/mol. The van der Waals surface area contributed by atoms with Crippen molar-refractivity contribution in [1.29, 1.82) is 0 Å². The first-order valence-electron chi connectivity index (χ1n) is 8.99. The molecule has 0 fully saturated rings. The van der Waals surface area contributed by atoms with Crippen LogP contribution in [0.25, 0.3) is 0 Å². The van der Waals surface area contributed by atoms with Crippen LogP contribution in [0.4, 0.5) is 0 Å². The molecule has 1 atom stereocenters. The summed E-state index contributed by atoms with van der Waals surface area (Å²) in [5.41, 5.74) is 0. The Hall–Kier alpha value is -0.0900. The SMILES string of the molecule is CCCCCCCCCC(CCCS(=O)(=O)CC)NCC. The van der Waals surface area contributed by atoms with E-state index in [0.717, 1.165) is 19.4 Å². The fourth-order valence-electron chi connectivity index (χ4n) is 2.68. The van der Waals surface area contributed by atoms with E-state index in [2.05, 4.69) is 19.2 Å². The van der Waals surface area contributed by atoms with Gasteiger partial charge in [0, 0.05) is 11.8 Å². The summed E-state index contributed by atoms with van der Waals surface area (Å²) in [7, 11) is -2.80. The highest BCUT2D eigenvalue weighted by Crippen LogP contribution is 2.12. The Balaban J connectivity index is 3.72. The third kappa shape index (κ3) is 13.3. The van der Waals surface area contributed by atoms with Gasteiger partial charge in [0.2, 0.25) is 0 Å². The molecule has 0 aromatic rings. The van der Waals surface area contributed by atoms with Gasteiger partial charge in [0.15, 0.2) is 0 Å². The molecule has 0 saturated heterocycles. The molecule has 0 saturated carbocycles. The average molecular weight is 320 g/mol. The zero-order valence-corrected chi connectivity index (χ0v) is 15.3. The maximum atomic E-state index is 11.5. The van der Waals surface area contributed by atoms with Gasteiger partial charge in [-0.15, -0.1) is 0 Å². The van der Waals surface area contributed by atoms with Gasteiger partial charge in [-0.25, -0.2) is 8.42 Å². The van der Waals surface area contributed by atoms with Gasteiger partial charge in [-0.1, -0.05) is 65.7 Å². The zero-order valence-electron chi connectivity index (χ0n) is 14.5. The van der Waals surface area contributed by atoms with Crippen LogP contribution < -0.4 is 5.32 Å². The Bertz CT molecular complexity index is 315. The van der Waals surface area contributed by atoms with Gasteiger partial charge in [-0.05, 0) is 25.8 Å². The molecule has 3 nitrogen and oxygen atoms in total. The average Bonchev–Trinajstić information content (AvgIpc) is 2.46. The zero-order chi connectivity index (χ0) is 16.0. The Labute approximate surface area is 133 Å². The van der Waals surface area contributed by atoms with E-state index in [9.17, 15) is 8.42 Å². The molecule has 0 aliphatic carbocycles. The number of sulfone groups is 1. The minimum atomic E-state index is -2.80. The lowest BCUT2D eigenvalue weighted by molar-refractivity contribution is 0.434. The van der Waals surface area contributed by atoms with Crippen LogP contribution in [0, 0.1) is 0 Å². The molecule has 0 aromatic heterocycles. The summed E-state index contributed by atoms with van der Waals surface area (Å²) in [5.74, 6) is 0.624. The van der Waals surface area contributed by atoms with Gasteiger partial charge in [0.25, 0.3) is 0 Å². The van der Waals surface area contributed by atoms with Crippen molar-refractivity contribution in [3.05, 3.63) is 0 Å². The van der Waals surface area contributed by atoms with E-state index in [0.29, 0.717) is 11.8 Å². The lowest BCUT2D eigenvalue weighted by Gasteiger charge is -2.17. The van der Waals surface area contributed by atoms with E-state index < -0.39 is 9.84 Å². The van der Waals surface area contributed by atoms with Gasteiger partial charge in [0.05, 0.1) is 5.75 Å². The van der Waals surface area contributed by atoms with Crippen molar-refractivity contribution in [3.8, 4) is 0 Å². The summed E-state index contributed by atoms with van der Waals surface area (Å²) < 4.78 is 23.0. The molecule has 0 radical (unpaired) electrons. The lowest BCUT2D eigenvalue weighted by atomic mass is 10.0. The minimum absolute atomic E-state index is 0.274. The molecule has 0 amide bonds. The first kappa shape index (κ1) is 20.9. The van der Waals surface area contributed by atoms with Crippen molar-refractivity contribution in [2.75, 3.05) is 18.1 Å². The molecule has 128 valence electrons. The molecule has 0 aliphatic rings. The van der Waals surface area contributed by atoms with Crippen LogP contribution in [0.15, 0.2) is 0 Å². The molecule has 0 bridgehead atoms. The Morgan fingerprint density at radius 2 is 1.38 bits per heavy atom. The Morgan fingerprint density at radius 1 is 0.810 bits per heavy atom. The molecule has 0 aliphatic heterocycles. The fourth-order valence-corrected chi connectivity index (χ4v) is 3.57. The number of hydrogen-bond acceptors (Lipinski definition) is 3. The molecule has 0 aromatic carbocycles. The van der Waals surface area contributed by atoms with Gasteiger partial charge >= 0.3 is 0 Å². The second-order valence-electron chi connectivity index (χ2n) is 6.04. The van der Waals surface area contributed by atoms with Gasteiger partial charge < -0.3 is 5.32 Å². The summed E-state index contributed by atoms with van der Waals surface area (Å²) >= 11 is 0. The number of unbranched alkanes of at least 4 members (excludes halogenated alkanes) is 6. The van der Waals surface area contributed by atoms with Crippen molar-refractivity contribution in [1.82, 2.24) is 5.32 Å². The van der Waals surface area contributed by atoms with Gasteiger partial charge in [-0.2, -0.15) is 0 Å². The Kier molecular flexibility index (Phi) is 13.5. The van der Waals surface area contributed by atoms with Crippen LogP contribution in [0.3, 0.4) is 0 Å². The first-order chi connectivity index (χ1) is 10.1. The quantitative estimate of drug-likeness (QED) is 0.457. The van der Waals surface area contributed by atoms with E-state index in [4.69, 9.17) is 0 Å². The van der Waals surface area contributed by atoms with E-state index in [-0.39, 0.29) is 5.75 Å². The van der Waals surface area contributed by atoms with Crippen LogP contribution in [-0.2, 0) is 9.84 Å². The largest absolute Gasteiger partial charge is 0.314 e.